The smallest absolute Gasteiger partial charge is 0.305 e. The number of fused-ring (bicyclic) bond motifs is 1. The first-order chi connectivity index (χ1) is 22.4. The van der Waals surface area contributed by atoms with E-state index in [4.69, 9.17) is 9.47 Å². The summed E-state index contributed by atoms with van der Waals surface area (Å²) in [4.78, 5) is 41.1. The highest BCUT2D eigenvalue weighted by Crippen LogP contribution is 2.33. The Morgan fingerprint density at radius 2 is 1.57 bits per heavy atom. The summed E-state index contributed by atoms with van der Waals surface area (Å²) < 4.78 is 11.1. The fourth-order valence-electron chi connectivity index (χ4n) is 6.08. The molecule has 2 N–H and O–H groups in total. The third kappa shape index (κ3) is 7.57. The molecule has 0 saturated heterocycles. The van der Waals surface area contributed by atoms with Crippen LogP contribution in [0, 0.1) is 0 Å². The van der Waals surface area contributed by atoms with Gasteiger partial charge in [0, 0.05) is 24.2 Å². The Hall–Kier alpha value is -5.11. The van der Waals surface area contributed by atoms with Gasteiger partial charge in [0.2, 0.25) is 0 Å². The van der Waals surface area contributed by atoms with Gasteiger partial charge in [-0.1, -0.05) is 66.7 Å². The number of carboxylic acids is 1. The third-order valence-corrected chi connectivity index (χ3v) is 8.38. The monoisotopic (exact) mass is 620 g/mol. The lowest BCUT2D eigenvalue weighted by atomic mass is 9.87. The molecule has 8 nitrogen and oxygen atoms in total. The molecule has 0 radical (unpaired) electrons. The number of carbonyl (C=O) groups excluding carboxylic acids is 2. The second-order valence-electron chi connectivity index (χ2n) is 11.3. The molecule has 8 heteroatoms. The summed E-state index contributed by atoms with van der Waals surface area (Å²) in [6, 6.07) is 28.3. The molecule has 238 valence electrons. The van der Waals surface area contributed by atoms with Crippen molar-refractivity contribution in [2.75, 3.05) is 26.8 Å². The van der Waals surface area contributed by atoms with Crippen LogP contribution in [0.3, 0.4) is 0 Å². The van der Waals surface area contributed by atoms with Gasteiger partial charge in [-0.25, -0.2) is 0 Å². The van der Waals surface area contributed by atoms with Gasteiger partial charge in [0.15, 0.2) is 11.5 Å². The summed E-state index contributed by atoms with van der Waals surface area (Å²) in [5.41, 5.74) is 5.47. The molecule has 2 amide bonds. The highest BCUT2D eigenvalue weighted by atomic mass is 16.5. The molecule has 0 fully saturated rings. The number of benzene rings is 4. The van der Waals surface area contributed by atoms with Crippen LogP contribution in [-0.4, -0.2) is 54.6 Å². The van der Waals surface area contributed by atoms with Crippen molar-refractivity contribution in [1.82, 2.24) is 10.2 Å². The van der Waals surface area contributed by atoms with Crippen molar-refractivity contribution >= 4 is 17.8 Å². The van der Waals surface area contributed by atoms with E-state index >= 15 is 0 Å². The summed E-state index contributed by atoms with van der Waals surface area (Å²) in [6.07, 6.45) is 3.15. The van der Waals surface area contributed by atoms with Crippen molar-refractivity contribution in [3.63, 3.8) is 0 Å². The predicted molar refractivity (Wildman–Crippen MR) is 177 cm³/mol. The molecule has 4 aromatic carbocycles. The average Bonchev–Trinajstić information content (AvgIpc) is 3.08. The molecule has 0 saturated carbocycles. The fourth-order valence-corrected chi connectivity index (χ4v) is 6.08. The van der Waals surface area contributed by atoms with E-state index in [1.807, 2.05) is 67.6 Å². The minimum absolute atomic E-state index is 0.0416. The quantitative estimate of drug-likeness (QED) is 0.172. The molecule has 0 aliphatic heterocycles. The first kappa shape index (κ1) is 32.3. The van der Waals surface area contributed by atoms with E-state index in [1.54, 1.807) is 30.2 Å². The van der Waals surface area contributed by atoms with Crippen LogP contribution in [0.25, 0.3) is 11.1 Å². The lowest BCUT2D eigenvalue weighted by Crippen LogP contribution is -2.35. The van der Waals surface area contributed by atoms with Gasteiger partial charge in [-0.2, -0.15) is 0 Å². The Bertz CT molecular complexity index is 1700. The van der Waals surface area contributed by atoms with E-state index in [0.29, 0.717) is 53.3 Å². The lowest BCUT2D eigenvalue weighted by Gasteiger charge is -2.27. The van der Waals surface area contributed by atoms with Gasteiger partial charge in [0.25, 0.3) is 11.8 Å². The van der Waals surface area contributed by atoms with Gasteiger partial charge in [-0.15, -0.1) is 0 Å². The second kappa shape index (κ2) is 15.3. The van der Waals surface area contributed by atoms with Gasteiger partial charge in [0.1, 0.15) is 0 Å². The zero-order valence-electron chi connectivity index (χ0n) is 26.3. The summed E-state index contributed by atoms with van der Waals surface area (Å²) in [7, 11) is 1.58. The van der Waals surface area contributed by atoms with Crippen LogP contribution in [0.5, 0.6) is 11.5 Å². The first-order valence-electron chi connectivity index (χ1n) is 15.8. The van der Waals surface area contributed by atoms with Crippen molar-refractivity contribution in [1.29, 1.82) is 0 Å². The summed E-state index contributed by atoms with van der Waals surface area (Å²) >= 11 is 0. The van der Waals surface area contributed by atoms with Crippen LogP contribution < -0.4 is 14.8 Å². The highest BCUT2D eigenvalue weighted by Gasteiger charge is 2.25. The van der Waals surface area contributed by atoms with E-state index in [2.05, 4.69) is 17.4 Å². The van der Waals surface area contributed by atoms with Crippen LogP contribution in [0.2, 0.25) is 0 Å². The largest absolute Gasteiger partial charge is 0.493 e. The van der Waals surface area contributed by atoms with Crippen LogP contribution in [-0.2, 0) is 17.6 Å². The molecule has 1 aliphatic carbocycles. The van der Waals surface area contributed by atoms with Crippen LogP contribution >= 0.6 is 0 Å². The molecule has 1 aliphatic rings. The molecule has 0 heterocycles. The van der Waals surface area contributed by atoms with Gasteiger partial charge in [0.05, 0.1) is 26.2 Å². The summed E-state index contributed by atoms with van der Waals surface area (Å²) in [5, 5.41) is 12.7. The topological polar surface area (TPSA) is 105 Å². The van der Waals surface area contributed by atoms with Crippen molar-refractivity contribution in [3.05, 3.63) is 119 Å². The van der Waals surface area contributed by atoms with Crippen molar-refractivity contribution in [2.45, 2.75) is 45.1 Å². The van der Waals surface area contributed by atoms with Crippen LogP contribution in [0.4, 0.5) is 0 Å². The van der Waals surface area contributed by atoms with Crippen molar-refractivity contribution < 1.29 is 29.0 Å². The predicted octanol–water partition coefficient (Wildman–Crippen LogP) is 6.73. The van der Waals surface area contributed by atoms with E-state index < -0.39 is 5.97 Å². The third-order valence-electron chi connectivity index (χ3n) is 8.38. The number of nitrogens with zero attached hydrogens (tertiary/aromatic N) is 1. The molecule has 1 unspecified atom stereocenters. The van der Waals surface area contributed by atoms with E-state index in [9.17, 15) is 19.5 Å². The minimum atomic E-state index is -0.986. The molecular weight excluding hydrogens is 580 g/mol. The zero-order chi connectivity index (χ0) is 32.5. The molecule has 0 spiro atoms. The molecular formula is C38H40N2O6. The van der Waals surface area contributed by atoms with E-state index in [1.165, 1.54) is 5.56 Å². The Morgan fingerprint density at radius 1 is 0.870 bits per heavy atom. The summed E-state index contributed by atoms with van der Waals surface area (Å²) in [6.45, 7) is 2.74. The SMILES string of the molecule is CCOc1ccc(CCN(CCC(=O)O)C(=O)c2ccccc2-c2ccccc2C(=O)NC2CCCc3ccccc32)cc1OC. The van der Waals surface area contributed by atoms with Crippen LogP contribution in [0.15, 0.2) is 91.0 Å². The number of carbonyl (C=O) groups is 3. The highest BCUT2D eigenvalue weighted by molar-refractivity contribution is 6.06. The fraction of sp³-hybridized carbons (Fsp3) is 0.289. The standard InChI is InChI=1S/C38H40N2O6/c1-3-46-34-20-19-26(25-35(34)45-2)21-23-40(24-22-36(41)42)38(44)32-17-9-7-15-30(32)29-14-6-8-16-31(29)37(43)39-33-18-10-12-27-11-4-5-13-28(27)33/h4-9,11,13-17,19-20,25,33H,3,10,12,18,21-24H2,1-2H3,(H,39,43)(H,41,42). The van der Waals surface area contributed by atoms with Crippen LogP contribution in [0.1, 0.15) is 69.6 Å². The first-order valence-corrected chi connectivity index (χ1v) is 15.8. The number of aliphatic carboxylic acids is 1. The normalized spacial score (nSPS) is 13.7. The molecule has 0 bridgehead atoms. The number of hydrogen-bond donors (Lipinski definition) is 2. The molecule has 5 rings (SSSR count). The number of nitrogens with one attached hydrogen (secondary N) is 1. The second-order valence-corrected chi connectivity index (χ2v) is 11.3. The van der Waals surface area contributed by atoms with E-state index in [0.717, 1.165) is 30.4 Å². The number of carboxylic acid groups (broad SMARTS) is 1. The molecule has 4 aromatic rings. The number of hydrogen-bond acceptors (Lipinski definition) is 5. The number of amides is 2. The maximum atomic E-state index is 14.2. The molecule has 0 aromatic heterocycles. The maximum Gasteiger partial charge on any atom is 0.305 e. The van der Waals surface area contributed by atoms with Crippen molar-refractivity contribution in [3.8, 4) is 22.6 Å². The number of methoxy groups -OCH3 is 1. The number of rotatable bonds is 13. The Morgan fingerprint density at radius 3 is 2.30 bits per heavy atom. The van der Waals surface area contributed by atoms with Gasteiger partial charge >= 0.3 is 5.97 Å². The minimum Gasteiger partial charge on any atom is -0.493 e. The Balaban J connectivity index is 1.41. The van der Waals surface area contributed by atoms with Gasteiger partial charge in [-0.05, 0) is 84.7 Å². The average molecular weight is 621 g/mol. The van der Waals surface area contributed by atoms with Gasteiger partial charge < -0.3 is 24.8 Å². The number of ether oxygens (including phenoxy) is 2. The zero-order valence-corrected chi connectivity index (χ0v) is 26.3. The van der Waals surface area contributed by atoms with Gasteiger partial charge in [-0.3, -0.25) is 14.4 Å². The Labute approximate surface area is 270 Å². The van der Waals surface area contributed by atoms with Crippen molar-refractivity contribution in [2.24, 2.45) is 0 Å². The maximum absolute atomic E-state index is 14.2. The van der Waals surface area contributed by atoms with E-state index in [-0.39, 0.29) is 30.8 Å². The molecule has 46 heavy (non-hydrogen) atoms. The summed E-state index contributed by atoms with van der Waals surface area (Å²) in [5.74, 6) is -0.255. The number of aryl methyl sites for hydroxylation is 1. The lowest BCUT2D eigenvalue weighted by molar-refractivity contribution is -0.137. The Kier molecular flexibility index (Phi) is 10.7. The molecule has 1 atom stereocenters.